The van der Waals surface area contributed by atoms with E-state index >= 15 is 0 Å². The summed E-state index contributed by atoms with van der Waals surface area (Å²) in [6.07, 6.45) is -1.19. The Bertz CT molecular complexity index is 1280. The second-order valence-electron chi connectivity index (χ2n) is 7.85. The first kappa shape index (κ1) is 20.3. The number of carbonyl (C=O) groups excluding carboxylic acids is 3. The molecule has 158 valence electrons. The van der Waals surface area contributed by atoms with Crippen molar-refractivity contribution in [3.63, 3.8) is 0 Å². The van der Waals surface area contributed by atoms with Crippen molar-refractivity contribution in [3.05, 3.63) is 70.6 Å². The van der Waals surface area contributed by atoms with Gasteiger partial charge in [0.15, 0.2) is 6.10 Å². The third kappa shape index (κ3) is 3.46. The van der Waals surface area contributed by atoms with E-state index in [0.29, 0.717) is 22.1 Å². The van der Waals surface area contributed by atoms with Crippen LogP contribution in [-0.2, 0) is 14.3 Å². The predicted octanol–water partition coefficient (Wildman–Crippen LogP) is 2.84. The molecule has 1 aliphatic heterocycles. The van der Waals surface area contributed by atoms with E-state index in [9.17, 15) is 19.2 Å². The quantitative estimate of drug-likeness (QED) is 0.635. The second-order valence-corrected chi connectivity index (χ2v) is 7.85. The Morgan fingerprint density at radius 2 is 1.71 bits per heavy atom. The van der Waals surface area contributed by atoms with Crippen LogP contribution in [0.5, 0.6) is 0 Å². The molecule has 4 rings (SSSR count). The average Bonchev–Trinajstić information content (AvgIpc) is 2.74. The highest BCUT2D eigenvalue weighted by Gasteiger charge is 2.45. The Labute approximate surface area is 177 Å². The van der Waals surface area contributed by atoms with Crippen LogP contribution in [-0.4, -0.2) is 34.4 Å². The summed E-state index contributed by atoms with van der Waals surface area (Å²) in [6, 6.07) is 15.3. The molecule has 1 aromatic heterocycles. The molecule has 2 heterocycles. The number of pyridine rings is 1. The van der Waals surface area contributed by atoms with Gasteiger partial charge in [0.05, 0.1) is 11.4 Å². The van der Waals surface area contributed by atoms with Crippen LogP contribution in [0.15, 0.2) is 59.4 Å². The number of para-hydroxylation sites is 2. The van der Waals surface area contributed by atoms with Crippen LogP contribution in [0.2, 0.25) is 0 Å². The van der Waals surface area contributed by atoms with Crippen molar-refractivity contribution >= 4 is 39.9 Å². The molecule has 31 heavy (non-hydrogen) atoms. The lowest BCUT2D eigenvalue weighted by atomic mass is 9.95. The zero-order valence-electron chi connectivity index (χ0n) is 17.3. The van der Waals surface area contributed by atoms with Gasteiger partial charge in [0.25, 0.3) is 11.5 Å². The molecule has 2 aromatic carbocycles. The van der Waals surface area contributed by atoms with Crippen molar-refractivity contribution in [2.45, 2.75) is 32.4 Å². The van der Waals surface area contributed by atoms with Crippen LogP contribution >= 0.6 is 0 Å². The molecule has 8 heteroatoms. The number of rotatable bonds is 3. The Balaban J connectivity index is 1.62. The fraction of sp³-hybridized carbons (Fsp3) is 0.217. The Morgan fingerprint density at radius 1 is 1.03 bits per heavy atom. The minimum atomic E-state index is -1.19. The molecule has 0 saturated heterocycles. The zero-order valence-corrected chi connectivity index (χ0v) is 17.3. The molecule has 3 aromatic rings. The molecule has 0 aliphatic carbocycles. The highest BCUT2D eigenvalue weighted by Crippen LogP contribution is 2.37. The summed E-state index contributed by atoms with van der Waals surface area (Å²) in [4.78, 5) is 54.6. The number of anilines is 2. The summed E-state index contributed by atoms with van der Waals surface area (Å²) in [5, 5.41) is 3.81. The molecule has 2 amide bonds. The average molecular weight is 419 g/mol. The maximum atomic E-state index is 13.3. The summed E-state index contributed by atoms with van der Waals surface area (Å²) < 4.78 is 5.37. The topological polar surface area (TPSA) is 109 Å². The number of esters is 1. The number of aromatic nitrogens is 1. The first-order valence-electron chi connectivity index (χ1n) is 9.78. The lowest BCUT2D eigenvalue weighted by Crippen LogP contribution is -2.60. The molecule has 0 bridgehead atoms. The molecule has 0 radical (unpaired) electrons. The molecule has 0 spiro atoms. The summed E-state index contributed by atoms with van der Waals surface area (Å²) >= 11 is 0. The van der Waals surface area contributed by atoms with Gasteiger partial charge < -0.3 is 15.0 Å². The Morgan fingerprint density at radius 3 is 2.48 bits per heavy atom. The number of hydrogen-bond acceptors (Lipinski definition) is 5. The number of hydrogen-bond donors (Lipinski definition) is 2. The van der Waals surface area contributed by atoms with E-state index in [1.807, 2.05) is 0 Å². The number of carbonyl (C=O) groups is 3. The van der Waals surface area contributed by atoms with Gasteiger partial charge in [-0.1, -0.05) is 30.3 Å². The number of benzene rings is 2. The maximum Gasteiger partial charge on any atom is 0.355 e. The fourth-order valence-electron chi connectivity index (χ4n) is 3.62. The minimum Gasteiger partial charge on any atom is -0.448 e. The molecule has 8 nitrogen and oxygen atoms in total. The summed E-state index contributed by atoms with van der Waals surface area (Å²) in [7, 11) is 0. The molecular formula is C23H21N3O5. The number of fused-ring (bicyclic) bond motifs is 2. The van der Waals surface area contributed by atoms with Crippen LogP contribution in [0.25, 0.3) is 10.8 Å². The van der Waals surface area contributed by atoms with Crippen molar-refractivity contribution in [1.29, 1.82) is 0 Å². The lowest BCUT2D eigenvalue weighted by molar-refractivity contribution is -0.131. The van der Waals surface area contributed by atoms with E-state index in [-0.39, 0.29) is 11.6 Å². The molecule has 1 atom stereocenters. The summed E-state index contributed by atoms with van der Waals surface area (Å²) in [6.45, 7) is 4.67. The van der Waals surface area contributed by atoms with E-state index in [1.54, 1.807) is 62.4 Å². The predicted molar refractivity (Wildman–Crippen MR) is 116 cm³/mol. The van der Waals surface area contributed by atoms with Gasteiger partial charge in [-0.25, -0.2) is 4.79 Å². The van der Waals surface area contributed by atoms with Gasteiger partial charge in [-0.3, -0.25) is 19.3 Å². The number of amides is 2. The third-order valence-electron chi connectivity index (χ3n) is 5.33. The standard InChI is InChI=1S/C23H21N3O5/c1-13(31-21(29)17-12-14-8-4-5-9-15(14)19(27)24-17)20(28)26-18-11-7-6-10-16(18)25-22(30)23(26,2)3/h4-13H,1-3H3,(H,24,27)(H,25,30). The van der Waals surface area contributed by atoms with Gasteiger partial charge in [0, 0.05) is 5.39 Å². The maximum absolute atomic E-state index is 13.3. The van der Waals surface area contributed by atoms with Crippen molar-refractivity contribution in [2.75, 3.05) is 10.2 Å². The lowest BCUT2D eigenvalue weighted by Gasteiger charge is -2.42. The van der Waals surface area contributed by atoms with Crippen LogP contribution in [0.3, 0.4) is 0 Å². The highest BCUT2D eigenvalue weighted by atomic mass is 16.5. The SMILES string of the molecule is CC(OC(=O)c1cc2ccccc2c(=O)[nH]1)C(=O)N1c2ccccc2NC(=O)C1(C)C. The Hall–Kier alpha value is -3.94. The largest absolute Gasteiger partial charge is 0.448 e. The monoisotopic (exact) mass is 419 g/mol. The Kier molecular flexibility index (Phi) is 4.85. The van der Waals surface area contributed by atoms with Gasteiger partial charge in [-0.2, -0.15) is 0 Å². The fourth-order valence-corrected chi connectivity index (χ4v) is 3.62. The van der Waals surface area contributed by atoms with Gasteiger partial charge >= 0.3 is 5.97 Å². The number of nitrogens with one attached hydrogen (secondary N) is 2. The van der Waals surface area contributed by atoms with E-state index in [4.69, 9.17) is 4.74 Å². The van der Waals surface area contributed by atoms with E-state index in [2.05, 4.69) is 10.3 Å². The first-order valence-corrected chi connectivity index (χ1v) is 9.78. The van der Waals surface area contributed by atoms with Crippen LogP contribution < -0.4 is 15.8 Å². The number of aromatic amines is 1. The molecule has 0 saturated carbocycles. The van der Waals surface area contributed by atoms with Gasteiger partial charge in [-0.15, -0.1) is 0 Å². The van der Waals surface area contributed by atoms with Gasteiger partial charge in [-0.05, 0) is 50.4 Å². The number of ether oxygens (including phenoxy) is 1. The van der Waals surface area contributed by atoms with Crippen molar-refractivity contribution in [1.82, 2.24) is 4.98 Å². The minimum absolute atomic E-state index is 0.0561. The van der Waals surface area contributed by atoms with E-state index in [0.717, 1.165) is 0 Å². The zero-order chi connectivity index (χ0) is 22.3. The third-order valence-corrected chi connectivity index (χ3v) is 5.33. The number of nitrogens with zero attached hydrogens (tertiary/aromatic N) is 1. The van der Waals surface area contributed by atoms with E-state index < -0.39 is 29.1 Å². The first-order chi connectivity index (χ1) is 14.7. The van der Waals surface area contributed by atoms with Gasteiger partial charge in [0.2, 0.25) is 5.91 Å². The summed E-state index contributed by atoms with van der Waals surface area (Å²) in [5.74, 6) is -1.74. The van der Waals surface area contributed by atoms with Crippen LogP contribution in [0, 0.1) is 0 Å². The second kappa shape index (κ2) is 7.39. The van der Waals surface area contributed by atoms with Crippen molar-refractivity contribution in [2.24, 2.45) is 0 Å². The summed E-state index contributed by atoms with van der Waals surface area (Å²) in [5.41, 5.74) is -0.661. The normalized spacial score (nSPS) is 15.7. The van der Waals surface area contributed by atoms with Gasteiger partial charge in [0.1, 0.15) is 11.2 Å². The van der Waals surface area contributed by atoms with Crippen LogP contribution in [0.4, 0.5) is 11.4 Å². The molecule has 0 fully saturated rings. The van der Waals surface area contributed by atoms with E-state index in [1.165, 1.54) is 17.9 Å². The number of H-pyrrole nitrogens is 1. The molecule has 2 N–H and O–H groups in total. The molecule has 1 unspecified atom stereocenters. The molecular weight excluding hydrogens is 398 g/mol. The highest BCUT2D eigenvalue weighted by molar-refractivity contribution is 6.15. The smallest absolute Gasteiger partial charge is 0.355 e. The van der Waals surface area contributed by atoms with Crippen molar-refractivity contribution in [3.8, 4) is 0 Å². The van der Waals surface area contributed by atoms with Crippen LogP contribution in [0.1, 0.15) is 31.3 Å². The molecule has 1 aliphatic rings. The van der Waals surface area contributed by atoms with Crippen molar-refractivity contribution < 1.29 is 19.1 Å².